The Morgan fingerprint density at radius 1 is 1.53 bits per heavy atom. The van der Waals surface area contributed by atoms with Gasteiger partial charge in [-0.05, 0) is 18.2 Å². The SMILES string of the molecule is O=C(O)CSCCOc1cccc(Cl)c1. The van der Waals surface area contributed by atoms with E-state index in [1.807, 2.05) is 12.1 Å². The van der Waals surface area contributed by atoms with Gasteiger partial charge in [-0.1, -0.05) is 17.7 Å². The minimum atomic E-state index is -0.803. The highest BCUT2D eigenvalue weighted by atomic mass is 35.5. The molecule has 1 rings (SSSR count). The summed E-state index contributed by atoms with van der Waals surface area (Å²) in [6, 6.07) is 7.12. The van der Waals surface area contributed by atoms with Gasteiger partial charge >= 0.3 is 5.97 Å². The van der Waals surface area contributed by atoms with Crippen molar-refractivity contribution >= 4 is 29.3 Å². The summed E-state index contributed by atoms with van der Waals surface area (Å²) in [6.07, 6.45) is 0. The van der Waals surface area contributed by atoms with Crippen LogP contribution in [0, 0.1) is 0 Å². The molecule has 1 N–H and O–H groups in total. The fourth-order valence-corrected chi connectivity index (χ4v) is 1.64. The van der Waals surface area contributed by atoms with Crippen LogP contribution in [-0.4, -0.2) is 29.2 Å². The van der Waals surface area contributed by atoms with Gasteiger partial charge in [0, 0.05) is 10.8 Å². The topological polar surface area (TPSA) is 46.5 Å². The van der Waals surface area contributed by atoms with Gasteiger partial charge in [-0.15, -0.1) is 11.8 Å². The molecule has 82 valence electrons. The number of halogens is 1. The lowest BCUT2D eigenvalue weighted by Crippen LogP contribution is -2.04. The molecule has 0 fully saturated rings. The second kappa shape index (κ2) is 6.58. The predicted octanol–water partition coefficient (Wildman–Crippen LogP) is 2.54. The van der Waals surface area contributed by atoms with E-state index in [1.54, 1.807) is 12.1 Å². The largest absolute Gasteiger partial charge is 0.493 e. The number of thioether (sulfide) groups is 1. The lowest BCUT2D eigenvalue weighted by molar-refractivity contribution is -0.133. The molecule has 5 heteroatoms. The molecule has 0 aromatic heterocycles. The average molecular weight is 247 g/mol. The van der Waals surface area contributed by atoms with Crippen molar-refractivity contribution in [1.82, 2.24) is 0 Å². The van der Waals surface area contributed by atoms with Crippen molar-refractivity contribution in [2.45, 2.75) is 0 Å². The Morgan fingerprint density at radius 3 is 3.00 bits per heavy atom. The predicted molar refractivity (Wildman–Crippen MR) is 61.9 cm³/mol. The molecule has 0 aliphatic heterocycles. The zero-order valence-electron chi connectivity index (χ0n) is 7.98. The molecular formula is C10H11ClO3S. The van der Waals surface area contributed by atoms with Crippen LogP contribution in [0.2, 0.25) is 5.02 Å². The van der Waals surface area contributed by atoms with Crippen molar-refractivity contribution in [2.24, 2.45) is 0 Å². The molecule has 0 aliphatic rings. The first-order valence-electron chi connectivity index (χ1n) is 4.36. The number of hydrogen-bond acceptors (Lipinski definition) is 3. The Bertz CT molecular complexity index is 330. The molecule has 0 heterocycles. The Kier molecular flexibility index (Phi) is 5.36. The molecule has 15 heavy (non-hydrogen) atoms. The van der Waals surface area contributed by atoms with Gasteiger partial charge in [0.15, 0.2) is 0 Å². The van der Waals surface area contributed by atoms with E-state index in [4.69, 9.17) is 21.4 Å². The van der Waals surface area contributed by atoms with E-state index in [9.17, 15) is 4.79 Å². The third kappa shape index (κ3) is 5.54. The van der Waals surface area contributed by atoms with Crippen molar-refractivity contribution in [2.75, 3.05) is 18.1 Å². The maximum Gasteiger partial charge on any atom is 0.313 e. The first-order chi connectivity index (χ1) is 7.18. The van der Waals surface area contributed by atoms with E-state index in [-0.39, 0.29) is 5.75 Å². The fourth-order valence-electron chi connectivity index (χ4n) is 0.935. The van der Waals surface area contributed by atoms with Crippen molar-refractivity contribution in [3.05, 3.63) is 29.3 Å². The summed E-state index contributed by atoms with van der Waals surface area (Å²) in [7, 11) is 0. The molecule has 3 nitrogen and oxygen atoms in total. The summed E-state index contributed by atoms with van der Waals surface area (Å²) < 4.78 is 5.37. The highest BCUT2D eigenvalue weighted by Gasteiger charge is 1.98. The van der Waals surface area contributed by atoms with Gasteiger partial charge in [0.25, 0.3) is 0 Å². The Morgan fingerprint density at radius 2 is 2.33 bits per heavy atom. The third-order valence-corrected chi connectivity index (χ3v) is 2.66. The van der Waals surface area contributed by atoms with Gasteiger partial charge in [0.05, 0.1) is 12.4 Å². The van der Waals surface area contributed by atoms with Crippen molar-refractivity contribution in [3.63, 3.8) is 0 Å². The normalized spacial score (nSPS) is 9.93. The number of ether oxygens (including phenoxy) is 1. The minimum absolute atomic E-state index is 0.110. The Hall–Kier alpha value is -0.870. The number of benzene rings is 1. The second-order valence-electron chi connectivity index (χ2n) is 2.75. The van der Waals surface area contributed by atoms with Crippen molar-refractivity contribution < 1.29 is 14.6 Å². The highest BCUT2D eigenvalue weighted by Crippen LogP contribution is 2.17. The zero-order chi connectivity index (χ0) is 11.1. The second-order valence-corrected chi connectivity index (χ2v) is 4.29. The summed E-state index contributed by atoms with van der Waals surface area (Å²) >= 11 is 7.09. The minimum Gasteiger partial charge on any atom is -0.493 e. The molecule has 0 amide bonds. The van der Waals surface area contributed by atoms with E-state index in [1.165, 1.54) is 11.8 Å². The lowest BCUT2D eigenvalue weighted by atomic mass is 10.3. The number of carboxylic acids is 1. The van der Waals surface area contributed by atoms with Crippen LogP contribution in [-0.2, 0) is 4.79 Å². The van der Waals surface area contributed by atoms with Crippen LogP contribution in [0.15, 0.2) is 24.3 Å². The molecule has 0 radical (unpaired) electrons. The maximum atomic E-state index is 10.2. The van der Waals surface area contributed by atoms with Crippen LogP contribution in [0.1, 0.15) is 0 Å². The molecule has 0 bridgehead atoms. The van der Waals surface area contributed by atoms with Gasteiger partial charge in [0.2, 0.25) is 0 Å². The zero-order valence-corrected chi connectivity index (χ0v) is 9.55. The van der Waals surface area contributed by atoms with E-state index in [0.717, 1.165) is 0 Å². The number of carboxylic acid groups (broad SMARTS) is 1. The molecule has 0 saturated carbocycles. The van der Waals surface area contributed by atoms with Crippen LogP contribution < -0.4 is 4.74 Å². The van der Waals surface area contributed by atoms with Crippen LogP contribution in [0.4, 0.5) is 0 Å². The number of aliphatic carboxylic acids is 1. The summed E-state index contributed by atoms with van der Waals surface area (Å²) in [5.74, 6) is 0.665. The quantitative estimate of drug-likeness (QED) is 0.784. The summed E-state index contributed by atoms with van der Waals surface area (Å²) in [5, 5.41) is 9.02. The van der Waals surface area contributed by atoms with Gasteiger partial charge in [-0.25, -0.2) is 0 Å². The number of rotatable bonds is 6. The van der Waals surface area contributed by atoms with Crippen molar-refractivity contribution in [1.29, 1.82) is 0 Å². The number of carbonyl (C=O) groups is 1. The van der Waals surface area contributed by atoms with E-state index in [2.05, 4.69) is 0 Å². The lowest BCUT2D eigenvalue weighted by Gasteiger charge is -2.05. The first-order valence-corrected chi connectivity index (χ1v) is 5.89. The molecule has 1 aromatic rings. The summed E-state index contributed by atoms with van der Waals surface area (Å²) in [4.78, 5) is 10.2. The third-order valence-electron chi connectivity index (χ3n) is 1.52. The van der Waals surface area contributed by atoms with Crippen LogP contribution in [0.3, 0.4) is 0 Å². The first kappa shape index (κ1) is 12.2. The van der Waals surface area contributed by atoms with Crippen LogP contribution >= 0.6 is 23.4 Å². The van der Waals surface area contributed by atoms with E-state index < -0.39 is 5.97 Å². The van der Waals surface area contributed by atoms with E-state index in [0.29, 0.717) is 23.1 Å². The molecule has 0 unspecified atom stereocenters. The summed E-state index contributed by atoms with van der Waals surface area (Å²) in [6.45, 7) is 0.484. The standard InChI is InChI=1S/C10H11ClO3S/c11-8-2-1-3-9(6-8)14-4-5-15-7-10(12)13/h1-3,6H,4-5,7H2,(H,12,13). The molecule has 0 atom stereocenters. The average Bonchev–Trinajstić information content (AvgIpc) is 2.17. The van der Waals surface area contributed by atoms with Gasteiger partial charge < -0.3 is 9.84 Å². The van der Waals surface area contributed by atoms with Gasteiger partial charge in [-0.2, -0.15) is 0 Å². The van der Waals surface area contributed by atoms with E-state index >= 15 is 0 Å². The molecule has 1 aromatic carbocycles. The van der Waals surface area contributed by atoms with Crippen LogP contribution in [0.5, 0.6) is 5.75 Å². The van der Waals surface area contributed by atoms with Crippen LogP contribution in [0.25, 0.3) is 0 Å². The maximum absolute atomic E-state index is 10.2. The molecule has 0 spiro atoms. The Labute approximate surface area is 97.4 Å². The summed E-state index contributed by atoms with van der Waals surface area (Å²) in [5.41, 5.74) is 0. The highest BCUT2D eigenvalue weighted by molar-refractivity contribution is 7.99. The fraction of sp³-hybridized carbons (Fsp3) is 0.300. The molecule has 0 saturated heterocycles. The van der Waals surface area contributed by atoms with Crippen molar-refractivity contribution in [3.8, 4) is 5.75 Å². The number of hydrogen-bond donors (Lipinski definition) is 1. The van der Waals surface area contributed by atoms with Gasteiger partial charge in [0.1, 0.15) is 5.75 Å². The Balaban J connectivity index is 2.17. The molecular weight excluding hydrogens is 236 g/mol. The molecule has 0 aliphatic carbocycles. The smallest absolute Gasteiger partial charge is 0.313 e. The van der Waals surface area contributed by atoms with Gasteiger partial charge in [-0.3, -0.25) is 4.79 Å². The monoisotopic (exact) mass is 246 g/mol.